The molecule has 1 N–H and O–H groups in total. The van der Waals surface area contributed by atoms with E-state index in [0.717, 1.165) is 49.4 Å². The van der Waals surface area contributed by atoms with Gasteiger partial charge in [-0.2, -0.15) is 0 Å². The lowest BCUT2D eigenvalue weighted by Crippen LogP contribution is -2.44. The van der Waals surface area contributed by atoms with Gasteiger partial charge in [-0.3, -0.25) is 9.69 Å². The van der Waals surface area contributed by atoms with Crippen LogP contribution in [0, 0.1) is 5.92 Å². The number of benzene rings is 3. The molecule has 37 heavy (non-hydrogen) atoms. The fraction of sp³-hybridized carbons (Fsp3) is 0.355. The van der Waals surface area contributed by atoms with Gasteiger partial charge in [0.15, 0.2) is 0 Å². The second kappa shape index (κ2) is 13.6. The van der Waals surface area contributed by atoms with E-state index in [-0.39, 0.29) is 5.91 Å². The first-order valence-electron chi connectivity index (χ1n) is 13.0. The molecule has 0 aromatic heterocycles. The highest BCUT2D eigenvalue weighted by Crippen LogP contribution is 2.22. The van der Waals surface area contributed by atoms with E-state index in [1.165, 1.54) is 12.7 Å². The van der Waals surface area contributed by atoms with Crippen LogP contribution < -0.4 is 10.1 Å². The Kier molecular flexibility index (Phi) is 9.72. The molecule has 0 radical (unpaired) electrons. The molecule has 1 aliphatic heterocycles. The molecule has 0 unspecified atom stereocenters. The molecule has 6 nitrogen and oxygen atoms in total. The van der Waals surface area contributed by atoms with Crippen LogP contribution in [0.4, 0.5) is 0 Å². The third kappa shape index (κ3) is 8.46. The molecule has 0 spiro atoms. The summed E-state index contributed by atoms with van der Waals surface area (Å²) in [5.74, 6) is 0.548. The van der Waals surface area contributed by atoms with Crippen LogP contribution in [0.25, 0.3) is 0 Å². The average Bonchev–Trinajstić information content (AvgIpc) is 2.94. The highest BCUT2D eigenvalue weighted by molar-refractivity contribution is 5.84. The Morgan fingerprint density at radius 2 is 1.49 bits per heavy atom. The molecule has 1 heterocycles. The fourth-order valence-electron chi connectivity index (χ4n) is 4.74. The summed E-state index contributed by atoms with van der Waals surface area (Å²) >= 11 is 0. The van der Waals surface area contributed by atoms with Crippen molar-refractivity contribution in [3.8, 4) is 5.75 Å². The third-order valence-electron chi connectivity index (χ3n) is 6.86. The first kappa shape index (κ1) is 26.4. The van der Waals surface area contributed by atoms with Crippen molar-refractivity contribution in [3.05, 3.63) is 102 Å². The number of nitrogens with zero attached hydrogens (tertiary/aromatic N) is 1. The summed E-state index contributed by atoms with van der Waals surface area (Å²) in [7, 11) is 1.35. The van der Waals surface area contributed by atoms with Crippen LogP contribution in [0.5, 0.6) is 5.75 Å². The van der Waals surface area contributed by atoms with Crippen molar-refractivity contribution in [2.24, 2.45) is 5.92 Å². The molecule has 1 saturated heterocycles. The average molecular weight is 501 g/mol. The number of hydrogen-bond acceptors (Lipinski definition) is 5. The minimum atomic E-state index is -0.716. The normalized spacial score (nSPS) is 15.1. The van der Waals surface area contributed by atoms with Crippen LogP contribution in [-0.2, 0) is 33.9 Å². The Bertz CT molecular complexity index is 1110. The van der Waals surface area contributed by atoms with Crippen LogP contribution in [0.2, 0.25) is 0 Å². The Morgan fingerprint density at radius 1 is 0.865 bits per heavy atom. The van der Waals surface area contributed by atoms with Gasteiger partial charge in [0.05, 0.1) is 7.11 Å². The van der Waals surface area contributed by atoms with Gasteiger partial charge in [-0.05, 0) is 60.7 Å². The van der Waals surface area contributed by atoms with Crippen LogP contribution in [0.15, 0.2) is 84.9 Å². The molecule has 4 rings (SSSR count). The summed E-state index contributed by atoms with van der Waals surface area (Å²) in [4.78, 5) is 27.7. The number of piperidine rings is 1. The fourth-order valence-corrected chi connectivity index (χ4v) is 4.74. The first-order chi connectivity index (χ1) is 18.1. The van der Waals surface area contributed by atoms with E-state index in [9.17, 15) is 9.59 Å². The molecule has 1 aliphatic rings. The predicted octanol–water partition coefficient (Wildman–Crippen LogP) is 4.77. The van der Waals surface area contributed by atoms with Crippen molar-refractivity contribution in [2.75, 3.05) is 20.2 Å². The number of likely N-dealkylation sites (tertiary alicyclic amines) is 1. The first-order valence-corrected chi connectivity index (χ1v) is 13.0. The molecule has 194 valence electrons. The summed E-state index contributed by atoms with van der Waals surface area (Å²) in [6.45, 7) is 3.39. The Labute approximate surface area is 219 Å². The molecule has 0 saturated carbocycles. The largest absolute Gasteiger partial charge is 0.489 e. The maximum atomic E-state index is 12.8. The van der Waals surface area contributed by atoms with Crippen LogP contribution >= 0.6 is 0 Å². The van der Waals surface area contributed by atoms with Gasteiger partial charge in [0.1, 0.15) is 18.4 Å². The Morgan fingerprint density at radius 3 is 2.11 bits per heavy atom. The maximum absolute atomic E-state index is 12.8. The number of hydrogen-bond donors (Lipinski definition) is 1. The molecular weight excluding hydrogens is 464 g/mol. The number of carbonyl (C=O) groups is 2. The van der Waals surface area contributed by atoms with Gasteiger partial charge in [0, 0.05) is 19.4 Å². The SMILES string of the molecule is COC(=O)[C@H](Cc1ccc(OCc2ccccc2)cc1)NC(=O)CC1CCN(Cc2ccccc2)CC1. The summed E-state index contributed by atoms with van der Waals surface area (Å²) in [5.41, 5.74) is 3.34. The van der Waals surface area contributed by atoms with Gasteiger partial charge >= 0.3 is 5.97 Å². The highest BCUT2D eigenvalue weighted by Gasteiger charge is 2.26. The zero-order valence-electron chi connectivity index (χ0n) is 21.5. The van der Waals surface area contributed by atoms with E-state index in [2.05, 4.69) is 34.5 Å². The van der Waals surface area contributed by atoms with E-state index < -0.39 is 12.0 Å². The minimum Gasteiger partial charge on any atom is -0.489 e. The number of carbonyl (C=O) groups excluding carboxylic acids is 2. The van der Waals surface area contributed by atoms with E-state index >= 15 is 0 Å². The molecule has 3 aromatic carbocycles. The smallest absolute Gasteiger partial charge is 0.328 e. The van der Waals surface area contributed by atoms with Crippen LogP contribution in [0.1, 0.15) is 36.0 Å². The van der Waals surface area contributed by atoms with Gasteiger partial charge in [-0.25, -0.2) is 4.79 Å². The number of methoxy groups -OCH3 is 1. The second-order valence-corrected chi connectivity index (χ2v) is 9.67. The minimum absolute atomic E-state index is 0.0975. The summed E-state index contributed by atoms with van der Waals surface area (Å²) in [6.07, 6.45) is 2.76. The van der Waals surface area contributed by atoms with Crippen molar-refractivity contribution >= 4 is 11.9 Å². The van der Waals surface area contributed by atoms with Crippen molar-refractivity contribution in [1.29, 1.82) is 0 Å². The summed E-state index contributed by atoms with van der Waals surface area (Å²) in [6, 6.07) is 27.4. The molecule has 1 atom stereocenters. The van der Waals surface area contributed by atoms with E-state index in [1.807, 2.05) is 60.7 Å². The summed E-state index contributed by atoms with van der Waals surface area (Å²) < 4.78 is 10.8. The van der Waals surface area contributed by atoms with Gasteiger partial charge in [0.2, 0.25) is 5.91 Å². The van der Waals surface area contributed by atoms with Gasteiger partial charge in [-0.1, -0.05) is 72.8 Å². The molecule has 6 heteroatoms. The number of rotatable bonds is 11. The van der Waals surface area contributed by atoms with Gasteiger partial charge in [0.25, 0.3) is 0 Å². The number of nitrogens with one attached hydrogen (secondary N) is 1. The van der Waals surface area contributed by atoms with Crippen molar-refractivity contribution in [3.63, 3.8) is 0 Å². The number of amides is 1. The lowest BCUT2D eigenvalue weighted by molar-refractivity contribution is -0.145. The molecular formula is C31H36N2O4. The number of esters is 1. The molecule has 0 bridgehead atoms. The molecule has 1 amide bonds. The molecule has 0 aliphatic carbocycles. The van der Waals surface area contributed by atoms with E-state index in [0.29, 0.717) is 25.4 Å². The summed E-state index contributed by atoms with van der Waals surface area (Å²) in [5, 5.41) is 2.92. The zero-order chi connectivity index (χ0) is 25.9. The van der Waals surface area contributed by atoms with Gasteiger partial charge < -0.3 is 14.8 Å². The Balaban J connectivity index is 1.23. The van der Waals surface area contributed by atoms with Crippen LogP contribution in [-0.4, -0.2) is 43.0 Å². The molecule has 1 fully saturated rings. The molecule has 3 aromatic rings. The Hall–Kier alpha value is -3.64. The maximum Gasteiger partial charge on any atom is 0.328 e. The van der Waals surface area contributed by atoms with Gasteiger partial charge in [-0.15, -0.1) is 0 Å². The van der Waals surface area contributed by atoms with Crippen molar-refractivity contribution in [2.45, 2.75) is 44.9 Å². The predicted molar refractivity (Wildman–Crippen MR) is 144 cm³/mol. The zero-order valence-corrected chi connectivity index (χ0v) is 21.5. The second-order valence-electron chi connectivity index (χ2n) is 9.67. The standard InChI is InChI=1S/C31H36N2O4/c1-36-31(35)29(20-24-12-14-28(15-13-24)37-23-27-10-6-3-7-11-27)32-30(34)21-25-16-18-33(19-17-25)22-26-8-4-2-5-9-26/h2-15,25,29H,16-23H2,1H3,(H,32,34)/t29-/m0/s1. The lowest BCUT2D eigenvalue weighted by atomic mass is 9.92. The highest BCUT2D eigenvalue weighted by atomic mass is 16.5. The van der Waals surface area contributed by atoms with Crippen molar-refractivity contribution < 1.29 is 19.1 Å². The van der Waals surface area contributed by atoms with E-state index in [4.69, 9.17) is 9.47 Å². The lowest BCUT2D eigenvalue weighted by Gasteiger charge is -2.32. The van der Waals surface area contributed by atoms with Crippen molar-refractivity contribution in [1.82, 2.24) is 10.2 Å². The van der Waals surface area contributed by atoms with Crippen LogP contribution in [0.3, 0.4) is 0 Å². The third-order valence-corrected chi connectivity index (χ3v) is 6.86. The quantitative estimate of drug-likeness (QED) is 0.384. The van der Waals surface area contributed by atoms with E-state index in [1.54, 1.807) is 0 Å². The topological polar surface area (TPSA) is 67.9 Å². The monoisotopic (exact) mass is 500 g/mol. The number of ether oxygens (including phenoxy) is 2.